The fraction of sp³-hybridized carbons (Fsp3) is 0.800. The molecule has 0 saturated carbocycles. The van der Waals surface area contributed by atoms with Gasteiger partial charge in [-0.3, -0.25) is 9.46 Å². The molecule has 0 spiro atoms. The summed E-state index contributed by atoms with van der Waals surface area (Å²) in [6.45, 7) is 13.0. The van der Waals surface area contributed by atoms with Crippen molar-refractivity contribution in [2.24, 2.45) is 17.8 Å². The van der Waals surface area contributed by atoms with Crippen LogP contribution in [0.2, 0.25) is 0 Å². The standard InChI is InChI=1S/C20H36NO7P/c1-10-11-14-15(12-13(2)3)16(18(22)25-7)21(19(23)28-20(4,5)6)17(14)29(24,26-8)27-9/h10,13-17H,1,11-12H2,2-9H3/t14-,15-,16-,17-/m1/s1. The number of likely N-dealkylation sites (tertiary alicyclic amines) is 1. The molecule has 1 saturated heterocycles. The van der Waals surface area contributed by atoms with Gasteiger partial charge in [0.25, 0.3) is 0 Å². The van der Waals surface area contributed by atoms with Gasteiger partial charge in [-0.15, -0.1) is 6.58 Å². The Morgan fingerprint density at radius 2 is 1.69 bits per heavy atom. The van der Waals surface area contributed by atoms with Crippen LogP contribution in [0, 0.1) is 17.8 Å². The van der Waals surface area contributed by atoms with E-state index in [1.54, 1.807) is 26.8 Å². The molecule has 0 aromatic heterocycles. The van der Waals surface area contributed by atoms with Gasteiger partial charge in [0.2, 0.25) is 0 Å². The van der Waals surface area contributed by atoms with Crippen LogP contribution in [0.3, 0.4) is 0 Å². The van der Waals surface area contributed by atoms with Crippen molar-refractivity contribution < 1.29 is 32.7 Å². The van der Waals surface area contributed by atoms with E-state index in [1.165, 1.54) is 26.2 Å². The van der Waals surface area contributed by atoms with Crippen LogP contribution in [-0.4, -0.2) is 55.7 Å². The normalized spacial score (nSPS) is 25.2. The molecule has 1 amide bonds. The Morgan fingerprint density at radius 3 is 2.07 bits per heavy atom. The second-order valence-corrected chi connectivity index (χ2v) is 11.0. The molecular formula is C20H36NO7P. The van der Waals surface area contributed by atoms with E-state index in [0.29, 0.717) is 12.8 Å². The quantitative estimate of drug-likeness (QED) is 0.317. The Hall–Kier alpha value is -1.37. The zero-order valence-electron chi connectivity index (χ0n) is 18.8. The van der Waals surface area contributed by atoms with Gasteiger partial charge in [-0.2, -0.15) is 0 Å². The number of carbonyl (C=O) groups excluding carboxylic acids is 2. The van der Waals surface area contributed by atoms with Crippen LogP contribution >= 0.6 is 7.60 Å². The van der Waals surface area contributed by atoms with Crippen molar-refractivity contribution in [3.63, 3.8) is 0 Å². The Kier molecular flexibility index (Phi) is 8.93. The van der Waals surface area contributed by atoms with Crippen molar-refractivity contribution in [2.75, 3.05) is 21.3 Å². The molecule has 4 atom stereocenters. The molecule has 0 unspecified atom stereocenters. The third-order valence-electron chi connectivity index (χ3n) is 4.99. The minimum Gasteiger partial charge on any atom is -0.467 e. The summed E-state index contributed by atoms with van der Waals surface area (Å²) >= 11 is 0. The highest BCUT2D eigenvalue weighted by atomic mass is 31.2. The van der Waals surface area contributed by atoms with E-state index in [9.17, 15) is 14.2 Å². The maximum Gasteiger partial charge on any atom is 0.411 e. The Balaban J connectivity index is 3.68. The Labute approximate surface area is 174 Å². The lowest BCUT2D eigenvalue weighted by atomic mass is 9.82. The summed E-state index contributed by atoms with van der Waals surface area (Å²) in [5.41, 5.74) is -0.809. The number of esters is 1. The molecule has 0 bridgehead atoms. The fourth-order valence-electron chi connectivity index (χ4n) is 3.99. The molecule has 0 N–H and O–H groups in total. The molecule has 1 heterocycles. The SMILES string of the molecule is C=CC[C@@H]1[C@@H](CC(C)C)[C@H](C(=O)OC)N(C(=O)OC(C)(C)C)[C@@H]1P(=O)(OC)OC. The van der Waals surface area contributed by atoms with E-state index in [1.807, 2.05) is 13.8 Å². The topological polar surface area (TPSA) is 91.4 Å². The van der Waals surface area contributed by atoms with E-state index < -0.39 is 37.1 Å². The third kappa shape index (κ3) is 5.83. The monoisotopic (exact) mass is 433 g/mol. The van der Waals surface area contributed by atoms with E-state index >= 15 is 0 Å². The molecule has 1 fully saturated rings. The van der Waals surface area contributed by atoms with Gasteiger partial charge in [-0.25, -0.2) is 9.59 Å². The number of rotatable bonds is 8. The zero-order valence-corrected chi connectivity index (χ0v) is 19.7. The lowest BCUT2D eigenvalue weighted by Crippen LogP contribution is -2.49. The molecule has 0 aromatic carbocycles. The molecular weight excluding hydrogens is 397 g/mol. The van der Waals surface area contributed by atoms with Gasteiger partial charge in [-0.05, 0) is 51.4 Å². The summed E-state index contributed by atoms with van der Waals surface area (Å²) in [6.07, 6.45) is 1.97. The number of methoxy groups -OCH3 is 1. The predicted octanol–water partition coefficient (Wildman–Crippen LogP) is 4.45. The molecule has 168 valence electrons. The summed E-state index contributed by atoms with van der Waals surface area (Å²) in [5, 5.41) is 0. The second kappa shape index (κ2) is 10.1. The van der Waals surface area contributed by atoms with E-state index in [-0.39, 0.29) is 17.8 Å². The highest BCUT2D eigenvalue weighted by Gasteiger charge is 2.61. The minimum absolute atomic E-state index is 0.225. The lowest BCUT2D eigenvalue weighted by Gasteiger charge is -2.34. The van der Waals surface area contributed by atoms with Crippen LogP contribution in [-0.2, 0) is 27.9 Å². The molecule has 29 heavy (non-hydrogen) atoms. The number of ether oxygens (including phenoxy) is 2. The first-order valence-corrected chi connectivity index (χ1v) is 11.4. The minimum atomic E-state index is -3.79. The number of hydrogen-bond donors (Lipinski definition) is 0. The summed E-state index contributed by atoms with van der Waals surface area (Å²) in [5.74, 6) is -2.06. The van der Waals surface area contributed by atoms with Crippen LogP contribution < -0.4 is 0 Å². The Morgan fingerprint density at radius 1 is 1.14 bits per heavy atom. The smallest absolute Gasteiger partial charge is 0.411 e. The van der Waals surface area contributed by atoms with E-state index in [0.717, 1.165) is 0 Å². The predicted molar refractivity (Wildman–Crippen MR) is 111 cm³/mol. The summed E-state index contributed by atoms with van der Waals surface area (Å²) in [7, 11) is 0.0176. The van der Waals surface area contributed by atoms with Crippen LogP contribution in [0.25, 0.3) is 0 Å². The van der Waals surface area contributed by atoms with E-state index in [2.05, 4.69) is 6.58 Å². The first kappa shape index (κ1) is 25.7. The summed E-state index contributed by atoms with van der Waals surface area (Å²) < 4.78 is 34.7. The van der Waals surface area contributed by atoms with Crippen LogP contribution in [0.5, 0.6) is 0 Å². The largest absolute Gasteiger partial charge is 0.467 e. The molecule has 1 aliphatic heterocycles. The number of carbonyl (C=O) groups is 2. The van der Waals surface area contributed by atoms with Gasteiger partial charge in [0.15, 0.2) is 0 Å². The van der Waals surface area contributed by atoms with Gasteiger partial charge in [0.05, 0.1) is 7.11 Å². The molecule has 9 heteroatoms. The van der Waals surface area contributed by atoms with Crippen molar-refractivity contribution in [2.45, 2.75) is 64.9 Å². The third-order valence-corrected chi connectivity index (χ3v) is 7.28. The average Bonchev–Trinajstić information content (AvgIpc) is 2.93. The number of amides is 1. The second-order valence-electron chi connectivity index (χ2n) is 8.66. The molecule has 0 aromatic rings. The van der Waals surface area contributed by atoms with Crippen LogP contribution in [0.4, 0.5) is 4.79 Å². The Bertz CT molecular complexity index is 635. The molecule has 0 aliphatic carbocycles. The van der Waals surface area contributed by atoms with Gasteiger partial charge in [0, 0.05) is 14.2 Å². The van der Waals surface area contributed by atoms with Crippen molar-refractivity contribution in [1.82, 2.24) is 4.90 Å². The summed E-state index contributed by atoms with van der Waals surface area (Å²) in [4.78, 5) is 27.2. The maximum absolute atomic E-state index is 13.5. The molecule has 1 aliphatic rings. The molecule has 0 radical (unpaired) electrons. The van der Waals surface area contributed by atoms with E-state index in [4.69, 9.17) is 18.5 Å². The molecule has 8 nitrogen and oxygen atoms in total. The number of allylic oxidation sites excluding steroid dienone is 1. The van der Waals surface area contributed by atoms with Crippen LogP contribution in [0.15, 0.2) is 12.7 Å². The van der Waals surface area contributed by atoms with Crippen LogP contribution in [0.1, 0.15) is 47.5 Å². The first-order valence-electron chi connectivity index (χ1n) is 9.78. The van der Waals surface area contributed by atoms with Crippen molar-refractivity contribution in [3.8, 4) is 0 Å². The first-order chi connectivity index (χ1) is 13.4. The highest BCUT2D eigenvalue weighted by molar-refractivity contribution is 7.54. The fourth-order valence-corrected chi connectivity index (χ4v) is 5.93. The van der Waals surface area contributed by atoms with Gasteiger partial charge in [0.1, 0.15) is 17.4 Å². The van der Waals surface area contributed by atoms with Gasteiger partial charge >= 0.3 is 19.7 Å². The number of hydrogen-bond acceptors (Lipinski definition) is 7. The average molecular weight is 433 g/mol. The highest BCUT2D eigenvalue weighted by Crippen LogP contribution is 2.62. The van der Waals surface area contributed by atoms with Crippen molar-refractivity contribution in [1.29, 1.82) is 0 Å². The number of nitrogens with zero attached hydrogens (tertiary/aromatic N) is 1. The zero-order chi connectivity index (χ0) is 22.6. The maximum atomic E-state index is 13.5. The summed E-state index contributed by atoms with van der Waals surface area (Å²) in [6, 6.07) is -0.967. The van der Waals surface area contributed by atoms with Gasteiger partial charge in [-0.1, -0.05) is 19.9 Å². The van der Waals surface area contributed by atoms with Crippen molar-refractivity contribution >= 4 is 19.7 Å². The van der Waals surface area contributed by atoms with Gasteiger partial charge < -0.3 is 18.5 Å². The lowest BCUT2D eigenvalue weighted by molar-refractivity contribution is -0.147. The van der Waals surface area contributed by atoms with Crippen molar-refractivity contribution in [3.05, 3.63) is 12.7 Å². The molecule has 1 rings (SSSR count).